The minimum atomic E-state index is -3.93. The van der Waals surface area contributed by atoms with Crippen molar-refractivity contribution >= 4 is 7.82 Å². The number of hydrogen-bond acceptors (Lipinski definition) is 3. The summed E-state index contributed by atoms with van der Waals surface area (Å²) in [5, 5.41) is 0. The molecule has 0 bridgehead atoms. The molecule has 1 aliphatic heterocycles. The fourth-order valence-corrected chi connectivity index (χ4v) is 6.52. The van der Waals surface area contributed by atoms with Gasteiger partial charge in [-0.05, 0) is 46.0 Å². The summed E-state index contributed by atoms with van der Waals surface area (Å²) in [6, 6.07) is 0. The molecule has 1 N–H and O–H groups in total. The van der Waals surface area contributed by atoms with Crippen LogP contribution in [0, 0.1) is 0 Å². The Bertz CT molecular complexity index is 584. The zero-order chi connectivity index (χ0) is 27.1. The molecule has 0 aromatic rings. The van der Waals surface area contributed by atoms with Crippen LogP contribution in [0.1, 0.15) is 149 Å². The van der Waals surface area contributed by atoms with Crippen molar-refractivity contribution in [3.05, 3.63) is 12.2 Å². The molecule has 1 heterocycles. The van der Waals surface area contributed by atoms with Gasteiger partial charge in [0.05, 0.1) is 38.9 Å². The lowest BCUT2D eigenvalue weighted by Crippen LogP contribution is -2.53. The molecule has 37 heavy (non-hydrogen) atoms. The molecule has 1 aliphatic rings. The molecule has 1 atom stereocenters. The molecule has 1 saturated heterocycles. The van der Waals surface area contributed by atoms with E-state index >= 15 is 0 Å². The summed E-state index contributed by atoms with van der Waals surface area (Å²) in [7, 11) is -3.93. The van der Waals surface area contributed by atoms with E-state index in [0.29, 0.717) is 6.61 Å². The number of likely N-dealkylation sites (tertiary alicyclic amines) is 1. The molecule has 0 saturated carbocycles. The summed E-state index contributed by atoms with van der Waals surface area (Å²) >= 11 is 0. The van der Waals surface area contributed by atoms with E-state index in [2.05, 4.69) is 32.9 Å². The standard InChI is InChI=1S/C31H62NO4P/c1-4-7-8-9-10-11-12-13-14-15-16-17-18-19-20-21-22-23-24-25-30-35-37(33,34)36-31-26-28-32(5-2,6-3)29-27-31/h13-14,31H,4-12,15-30H2,1-3H3/p+1/b14-13-. The van der Waals surface area contributed by atoms with Crippen molar-refractivity contribution < 1.29 is 23.0 Å². The molecule has 1 unspecified atom stereocenters. The van der Waals surface area contributed by atoms with Gasteiger partial charge < -0.3 is 9.38 Å². The van der Waals surface area contributed by atoms with Crippen LogP contribution in [-0.2, 0) is 13.6 Å². The van der Waals surface area contributed by atoms with Gasteiger partial charge in [-0.15, -0.1) is 0 Å². The highest BCUT2D eigenvalue weighted by molar-refractivity contribution is 7.47. The van der Waals surface area contributed by atoms with Crippen LogP contribution in [0.3, 0.4) is 0 Å². The second kappa shape index (κ2) is 22.6. The van der Waals surface area contributed by atoms with Gasteiger partial charge in [0, 0.05) is 12.8 Å². The molecular weight excluding hydrogens is 481 g/mol. The van der Waals surface area contributed by atoms with E-state index < -0.39 is 7.82 Å². The average Bonchev–Trinajstić information content (AvgIpc) is 2.90. The van der Waals surface area contributed by atoms with E-state index in [1.165, 1.54) is 103 Å². The minimum absolute atomic E-state index is 0.147. The SMILES string of the molecule is CCCCCCCC/C=C\CCCCCCCCCCCCOP(=O)(O)OC1CC[N+](CC)(CC)CC1. The Balaban J connectivity index is 1.85. The summed E-state index contributed by atoms with van der Waals surface area (Å²) in [4.78, 5) is 10.1. The van der Waals surface area contributed by atoms with Crippen LogP contribution in [0.2, 0.25) is 0 Å². The maximum atomic E-state index is 12.3. The van der Waals surface area contributed by atoms with Crippen LogP contribution in [0.25, 0.3) is 0 Å². The van der Waals surface area contributed by atoms with Gasteiger partial charge in [0.15, 0.2) is 0 Å². The average molecular weight is 545 g/mol. The fraction of sp³-hybridized carbons (Fsp3) is 0.935. The lowest BCUT2D eigenvalue weighted by molar-refractivity contribution is -0.930. The number of phosphoric ester groups is 1. The fourth-order valence-electron chi connectivity index (χ4n) is 5.51. The molecule has 6 heteroatoms. The maximum absolute atomic E-state index is 12.3. The Hall–Kier alpha value is -0.190. The Morgan fingerprint density at radius 3 is 1.59 bits per heavy atom. The normalized spacial score (nSPS) is 17.9. The zero-order valence-corrected chi connectivity index (χ0v) is 25.9. The summed E-state index contributed by atoms with van der Waals surface area (Å²) in [5.74, 6) is 0. The van der Waals surface area contributed by atoms with Crippen LogP contribution in [0.15, 0.2) is 12.2 Å². The minimum Gasteiger partial charge on any atom is -0.324 e. The van der Waals surface area contributed by atoms with E-state index in [1.807, 2.05) is 0 Å². The van der Waals surface area contributed by atoms with E-state index in [-0.39, 0.29) is 6.10 Å². The molecule has 0 aromatic carbocycles. The van der Waals surface area contributed by atoms with E-state index in [0.717, 1.165) is 56.3 Å². The van der Waals surface area contributed by atoms with Crippen LogP contribution >= 0.6 is 7.82 Å². The summed E-state index contributed by atoms with van der Waals surface area (Å²) in [5.41, 5.74) is 0. The lowest BCUT2D eigenvalue weighted by atomic mass is 10.1. The number of unbranched alkanes of at least 4 members (excludes halogenated alkanes) is 16. The van der Waals surface area contributed by atoms with Gasteiger partial charge >= 0.3 is 7.82 Å². The van der Waals surface area contributed by atoms with Crippen molar-refractivity contribution in [2.75, 3.05) is 32.8 Å². The molecule has 1 rings (SSSR count). The topological polar surface area (TPSA) is 55.8 Å². The molecule has 0 spiro atoms. The van der Waals surface area contributed by atoms with E-state index in [9.17, 15) is 9.46 Å². The van der Waals surface area contributed by atoms with Crippen LogP contribution in [-0.4, -0.2) is 48.3 Å². The Labute approximate surface area is 231 Å². The van der Waals surface area contributed by atoms with Gasteiger partial charge in [0.25, 0.3) is 0 Å². The van der Waals surface area contributed by atoms with Crippen LogP contribution in [0.5, 0.6) is 0 Å². The Kier molecular flexibility index (Phi) is 21.3. The number of rotatable bonds is 25. The zero-order valence-electron chi connectivity index (χ0n) is 25.0. The third-order valence-corrected chi connectivity index (χ3v) is 9.46. The first-order valence-electron chi connectivity index (χ1n) is 16.1. The number of piperidine rings is 1. The van der Waals surface area contributed by atoms with Crippen molar-refractivity contribution in [1.29, 1.82) is 0 Å². The van der Waals surface area contributed by atoms with Gasteiger partial charge in [-0.1, -0.05) is 103 Å². The first-order chi connectivity index (χ1) is 18.0. The van der Waals surface area contributed by atoms with Crippen molar-refractivity contribution in [2.45, 2.75) is 155 Å². The van der Waals surface area contributed by atoms with Gasteiger partial charge in [0.1, 0.15) is 0 Å². The maximum Gasteiger partial charge on any atom is 0.472 e. The molecule has 0 aliphatic carbocycles. The quantitative estimate of drug-likeness (QED) is 0.0538. The number of phosphoric acid groups is 1. The number of allylic oxidation sites excluding steroid dienone is 2. The smallest absolute Gasteiger partial charge is 0.324 e. The predicted molar refractivity (Wildman–Crippen MR) is 159 cm³/mol. The predicted octanol–water partition coefficient (Wildman–Crippen LogP) is 9.74. The lowest BCUT2D eigenvalue weighted by Gasteiger charge is -2.42. The highest BCUT2D eigenvalue weighted by Gasteiger charge is 2.35. The van der Waals surface area contributed by atoms with E-state index in [1.54, 1.807) is 0 Å². The molecule has 1 fully saturated rings. The molecule has 0 radical (unpaired) electrons. The van der Waals surface area contributed by atoms with Gasteiger partial charge in [-0.2, -0.15) is 0 Å². The second-order valence-corrected chi connectivity index (χ2v) is 12.8. The summed E-state index contributed by atoms with van der Waals surface area (Å²) < 4.78 is 24.1. The Morgan fingerprint density at radius 2 is 1.14 bits per heavy atom. The Morgan fingerprint density at radius 1 is 0.703 bits per heavy atom. The largest absolute Gasteiger partial charge is 0.472 e. The van der Waals surface area contributed by atoms with Crippen molar-refractivity contribution in [1.82, 2.24) is 0 Å². The number of hydrogen-bond donors (Lipinski definition) is 1. The van der Waals surface area contributed by atoms with Gasteiger partial charge in [0.2, 0.25) is 0 Å². The van der Waals surface area contributed by atoms with E-state index in [4.69, 9.17) is 9.05 Å². The number of quaternary nitrogens is 1. The van der Waals surface area contributed by atoms with Gasteiger partial charge in [-0.25, -0.2) is 4.57 Å². The highest BCUT2D eigenvalue weighted by atomic mass is 31.2. The summed E-state index contributed by atoms with van der Waals surface area (Å²) in [6.45, 7) is 11.3. The highest BCUT2D eigenvalue weighted by Crippen LogP contribution is 2.46. The molecule has 0 aromatic heterocycles. The summed E-state index contributed by atoms with van der Waals surface area (Å²) in [6.07, 6.45) is 29.6. The third kappa shape index (κ3) is 18.7. The van der Waals surface area contributed by atoms with Crippen LogP contribution in [0.4, 0.5) is 0 Å². The number of nitrogens with zero attached hydrogens (tertiary/aromatic N) is 1. The van der Waals surface area contributed by atoms with Crippen LogP contribution < -0.4 is 0 Å². The monoisotopic (exact) mass is 544 g/mol. The first-order valence-corrected chi connectivity index (χ1v) is 17.6. The first kappa shape index (κ1) is 34.8. The van der Waals surface area contributed by atoms with Crippen molar-refractivity contribution in [3.63, 3.8) is 0 Å². The van der Waals surface area contributed by atoms with Crippen molar-refractivity contribution in [2.24, 2.45) is 0 Å². The second-order valence-electron chi connectivity index (χ2n) is 11.4. The third-order valence-electron chi connectivity index (χ3n) is 8.39. The van der Waals surface area contributed by atoms with Crippen molar-refractivity contribution in [3.8, 4) is 0 Å². The molecular formula is C31H63NO4P+. The molecule has 220 valence electrons. The van der Waals surface area contributed by atoms with Gasteiger partial charge in [-0.3, -0.25) is 9.05 Å². The molecule has 0 amide bonds. The molecule has 5 nitrogen and oxygen atoms in total.